The average molecular weight is 361 g/mol. The monoisotopic (exact) mass is 360 g/mol. The van der Waals surface area contributed by atoms with Gasteiger partial charge in [-0.1, -0.05) is 29.8 Å². The molecule has 110 valence electrons. The van der Waals surface area contributed by atoms with Crippen molar-refractivity contribution in [3.8, 4) is 0 Å². The molecule has 1 aromatic rings. The Labute approximate surface area is 127 Å². The predicted octanol–water partition coefficient (Wildman–Crippen LogP) is 1.97. The van der Waals surface area contributed by atoms with Crippen LogP contribution in [0.25, 0.3) is 0 Å². The minimum absolute atomic E-state index is 0.0492. The molecule has 0 radical (unpaired) electrons. The predicted molar refractivity (Wildman–Crippen MR) is 82.1 cm³/mol. The van der Waals surface area contributed by atoms with Gasteiger partial charge in [0.25, 0.3) is 0 Å². The molecule has 1 unspecified atom stereocenters. The number of carbonyl (C=O) groups excluding carboxylic acids is 1. The van der Waals surface area contributed by atoms with Crippen molar-refractivity contribution < 1.29 is 13.2 Å². The molecule has 1 amide bonds. The van der Waals surface area contributed by atoms with Crippen LogP contribution in [0, 0.1) is 0 Å². The highest BCUT2D eigenvalue weighted by atomic mass is 79.9. The van der Waals surface area contributed by atoms with Gasteiger partial charge in [-0.15, -0.1) is 0 Å². The smallest absolute Gasteiger partial charge is 0.228 e. The second-order valence-corrected chi connectivity index (χ2v) is 8.04. The number of amides is 1. The maximum Gasteiger partial charge on any atom is 0.228 e. The molecule has 1 aromatic carbocycles. The number of anilines is 1. The second-order valence-electron chi connectivity index (χ2n) is 5.28. The SMILES string of the molecule is CC(C)c1cc(Br)ccc1N1CC(S(N)(=O)=O)CC1=O. The topological polar surface area (TPSA) is 80.5 Å². The van der Waals surface area contributed by atoms with Crippen LogP contribution in [-0.2, 0) is 14.8 Å². The molecule has 1 fully saturated rings. The van der Waals surface area contributed by atoms with Gasteiger partial charge in [0.15, 0.2) is 0 Å². The van der Waals surface area contributed by atoms with E-state index in [9.17, 15) is 13.2 Å². The van der Waals surface area contributed by atoms with Crippen molar-refractivity contribution in [2.24, 2.45) is 5.14 Å². The summed E-state index contributed by atoms with van der Waals surface area (Å²) in [7, 11) is -3.69. The van der Waals surface area contributed by atoms with Gasteiger partial charge in [0.2, 0.25) is 15.9 Å². The van der Waals surface area contributed by atoms with Crippen LogP contribution in [0.3, 0.4) is 0 Å². The van der Waals surface area contributed by atoms with Crippen molar-refractivity contribution in [3.05, 3.63) is 28.2 Å². The first-order chi connectivity index (χ1) is 9.20. The maximum absolute atomic E-state index is 12.1. The number of halogens is 1. The summed E-state index contributed by atoms with van der Waals surface area (Å²) in [5, 5.41) is 4.33. The number of benzene rings is 1. The summed E-state index contributed by atoms with van der Waals surface area (Å²) >= 11 is 3.41. The number of sulfonamides is 1. The Morgan fingerprint density at radius 3 is 2.55 bits per heavy atom. The summed E-state index contributed by atoms with van der Waals surface area (Å²) in [6.45, 7) is 4.19. The Hall–Kier alpha value is -0.920. The molecule has 2 N–H and O–H groups in total. The lowest BCUT2D eigenvalue weighted by molar-refractivity contribution is -0.117. The Bertz CT molecular complexity index is 643. The molecule has 20 heavy (non-hydrogen) atoms. The number of hydrogen-bond acceptors (Lipinski definition) is 3. The van der Waals surface area contributed by atoms with E-state index in [0.29, 0.717) is 0 Å². The lowest BCUT2D eigenvalue weighted by atomic mass is 10.0. The lowest BCUT2D eigenvalue weighted by Crippen LogP contribution is -2.32. The molecular formula is C13H17BrN2O3S. The van der Waals surface area contributed by atoms with E-state index in [-0.39, 0.29) is 24.8 Å². The lowest BCUT2D eigenvalue weighted by Gasteiger charge is -2.22. The fraction of sp³-hybridized carbons (Fsp3) is 0.462. The van der Waals surface area contributed by atoms with Crippen molar-refractivity contribution in [1.82, 2.24) is 0 Å². The van der Waals surface area contributed by atoms with E-state index in [1.165, 1.54) is 4.90 Å². The van der Waals surface area contributed by atoms with E-state index in [1.807, 2.05) is 32.0 Å². The van der Waals surface area contributed by atoms with Crippen molar-refractivity contribution >= 4 is 37.5 Å². The summed E-state index contributed by atoms with van der Waals surface area (Å²) < 4.78 is 23.8. The van der Waals surface area contributed by atoms with Gasteiger partial charge >= 0.3 is 0 Å². The third-order valence-electron chi connectivity index (χ3n) is 3.46. The Morgan fingerprint density at radius 2 is 2.05 bits per heavy atom. The minimum Gasteiger partial charge on any atom is -0.311 e. The quantitative estimate of drug-likeness (QED) is 0.894. The van der Waals surface area contributed by atoms with E-state index in [2.05, 4.69) is 15.9 Å². The molecule has 7 heteroatoms. The third-order valence-corrected chi connectivity index (χ3v) is 5.19. The molecule has 1 aliphatic rings. The summed E-state index contributed by atoms with van der Waals surface area (Å²) in [4.78, 5) is 13.6. The van der Waals surface area contributed by atoms with Crippen LogP contribution < -0.4 is 10.0 Å². The largest absolute Gasteiger partial charge is 0.311 e. The second kappa shape index (κ2) is 5.46. The number of hydrogen-bond donors (Lipinski definition) is 1. The van der Waals surface area contributed by atoms with Crippen LogP contribution in [-0.4, -0.2) is 26.1 Å². The van der Waals surface area contributed by atoms with Crippen LogP contribution in [0.2, 0.25) is 0 Å². The van der Waals surface area contributed by atoms with Gasteiger partial charge in [0.05, 0.1) is 0 Å². The van der Waals surface area contributed by atoms with E-state index in [4.69, 9.17) is 5.14 Å². The number of nitrogens with zero attached hydrogens (tertiary/aromatic N) is 1. The first-order valence-electron chi connectivity index (χ1n) is 6.31. The molecule has 0 aliphatic carbocycles. The molecule has 1 aliphatic heterocycles. The Balaban J connectivity index is 2.40. The van der Waals surface area contributed by atoms with Gasteiger partial charge < -0.3 is 4.90 Å². The molecule has 2 rings (SSSR count). The summed E-state index contributed by atoms with van der Waals surface area (Å²) in [6, 6.07) is 5.64. The highest BCUT2D eigenvalue weighted by Gasteiger charge is 2.38. The van der Waals surface area contributed by atoms with E-state index in [1.54, 1.807) is 0 Å². The molecular weight excluding hydrogens is 344 g/mol. The molecule has 0 saturated carbocycles. The zero-order chi connectivity index (χ0) is 15.1. The zero-order valence-corrected chi connectivity index (χ0v) is 13.7. The zero-order valence-electron chi connectivity index (χ0n) is 11.3. The minimum atomic E-state index is -3.69. The van der Waals surface area contributed by atoms with Crippen LogP contribution in [0.1, 0.15) is 31.7 Å². The summed E-state index contributed by atoms with van der Waals surface area (Å²) in [5.74, 6) is 0.0251. The maximum atomic E-state index is 12.1. The van der Waals surface area contributed by atoms with Gasteiger partial charge in [0.1, 0.15) is 5.25 Å². The van der Waals surface area contributed by atoms with Gasteiger partial charge in [-0.05, 0) is 29.7 Å². The first kappa shape index (κ1) is 15.5. The van der Waals surface area contributed by atoms with Crippen LogP contribution >= 0.6 is 15.9 Å². The van der Waals surface area contributed by atoms with Crippen molar-refractivity contribution in [3.63, 3.8) is 0 Å². The highest BCUT2D eigenvalue weighted by molar-refractivity contribution is 9.10. The van der Waals surface area contributed by atoms with Crippen molar-refractivity contribution in [1.29, 1.82) is 0 Å². The number of carbonyl (C=O) groups is 1. The molecule has 1 atom stereocenters. The molecule has 0 spiro atoms. The molecule has 5 nitrogen and oxygen atoms in total. The van der Waals surface area contributed by atoms with Crippen molar-refractivity contribution in [2.45, 2.75) is 31.4 Å². The van der Waals surface area contributed by atoms with Crippen molar-refractivity contribution in [2.75, 3.05) is 11.4 Å². The normalized spacial score (nSPS) is 19.9. The number of rotatable bonds is 3. The Kier molecular flexibility index (Phi) is 4.22. The third kappa shape index (κ3) is 3.05. The van der Waals surface area contributed by atoms with E-state index in [0.717, 1.165) is 15.7 Å². The van der Waals surface area contributed by atoms with Gasteiger partial charge in [-0.2, -0.15) is 0 Å². The first-order valence-corrected chi connectivity index (χ1v) is 8.72. The van der Waals surface area contributed by atoms with Crippen LogP contribution in [0.5, 0.6) is 0 Å². The molecule has 1 saturated heterocycles. The fourth-order valence-electron chi connectivity index (χ4n) is 2.36. The van der Waals surface area contributed by atoms with Crippen LogP contribution in [0.15, 0.2) is 22.7 Å². The van der Waals surface area contributed by atoms with E-state index >= 15 is 0 Å². The molecule has 0 aromatic heterocycles. The fourth-order valence-corrected chi connectivity index (χ4v) is 3.47. The standard InChI is InChI=1S/C13H17BrN2O3S/c1-8(2)11-5-9(14)3-4-12(11)16-7-10(6-13(16)17)20(15,18)19/h3-5,8,10H,6-7H2,1-2H3,(H2,15,18,19). The number of nitrogens with two attached hydrogens (primary N) is 1. The van der Waals surface area contributed by atoms with Gasteiger partial charge in [0, 0.05) is 23.1 Å². The molecule has 1 heterocycles. The highest BCUT2D eigenvalue weighted by Crippen LogP contribution is 2.33. The van der Waals surface area contributed by atoms with Crippen LogP contribution in [0.4, 0.5) is 5.69 Å². The van der Waals surface area contributed by atoms with Gasteiger partial charge in [-0.3, -0.25) is 4.79 Å². The molecule has 0 bridgehead atoms. The Morgan fingerprint density at radius 1 is 1.40 bits per heavy atom. The van der Waals surface area contributed by atoms with E-state index < -0.39 is 15.3 Å². The summed E-state index contributed by atoms with van der Waals surface area (Å²) in [5.41, 5.74) is 1.77. The number of primary sulfonamides is 1. The van der Waals surface area contributed by atoms with Gasteiger partial charge in [-0.25, -0.2) is 13.6 Å². The average Bonchev–Trinajstić information content (AvgIpc) is 2.71. The summed E-state index contributed by atoms with van der Waals surface area (Å²) in [6.07, 6.45) is -0.0492.